The molecule has 0 atom stereocenters. The van der Waals surface area contributed by atoms with Crippen LogP contribution in [0.5, 0.6) is 5.75 Å². The number of aryl methyl sites for hydroxylation is 1. The highest BCUT2D eigenvalue weighted by atomic mass is 32.1. The second-order valence-corrected chi connectivity index (χ2v) is 6.73. The van der Waals surface area contributed by atoms with E-state index in [0.717, 1.165) is 16.8 Å². The minimum atomic E-state index is -4.46. The molecule has 0 N–H and O–H groups in total. The summed E-state index contributed by atoms with van der Waals surface area (Å²) in [4.78, 5) is 17.0. The van der Waals surface area contributed by atoms with E-state index in [1.54, 1.807) is 35.6 Å². The quantitative estimate of drug-likeness (QED) is 0.483. The molecule has 1 aromatic heterocycles. The number of rotatable bonds is 8. The van der Waals surface area contributed by atoms with Gasteiger partial charge in [-0.25, -0.2) is 4.98 Å². The van der Waals surface area contributed by atoms with Gasteiger partial charge in [0.05, 0.1) is 10.7 Å². The number of nitrogens with zero attached hydrogens (tertiary/aromatic N) is 2. The molecular formula is C19H19F3N2O2S. The van der Waals surface area contributed by atoms with Crippen LogP contribution in [0.4, 0.5) is 13.2 Å². The van der Waals surface area contributed by atoms with Crippen molar-refractivity contribution in [3.8, 4) is 5.75 Å². The first-order chi connectivity index (χ1) is 12.8. The van der Waals surface area contributed by atoms with Crippen LogP contribution in [0, 0.1) is 6.92 Å². The summed E-state index contributed by atoms with van der Waals surface area (Å²) in [6.45, 7) is 4.16. The van der Waals surface area contributed by atoms with E-state index in [4.69, 9.17) is 4.74 Å². The Hall–Kier alpha value is -2.61. The molecule has 0 spiro atoms. The highest BCUT2D eigenvalue weighted by Gasteiger charge is 2.31. The van der Waals surface area contributed by atoms with E-state index in [-0.39, 0.29) is 6.54 Å². The van der Waals surface area contributed by atoms with Gasteiger partial charge in [0.1, 0.15) is 18.9 Å². The molecule has 1 heterocycles. The fourth-order valence-corrected chi connectivity index (χ4v) is 2.78. The summed E-state index contributed by atoms with van der Waals surface area (Å²) < 4.78 is 43.2. The summed E-state index contributed by atoms with van der Waals surface area (Å²) in [5.74, 6) is -0.0964. The molecule has 0 fully saturated rings. The number of alkyl halides is 3. The number of hydrogen-bond acceptors (Lipinski definition) is 4. The Labute approximate surface area is 159 Å². The minimum absolute atomic E-state index is 0.175. The third-order valence-corrected chi connectivity index (χ3v) is 4.21. The Balaban J connectivity index is 1.93. The first-order valence-corrected chi connectivity index (χ1v) is 8.93. The average molecular weight is 396 g/mol. The number of aromatic nitrogens is 1. The van der Waals surface area contributed by atoms with E-state index < -0.39 is 18.6 Å². The van der Waals surface area contributed by atoms with Gasteiger partial charge in [-0.15, -0.1) is 17.9 Å². The van der Waals surface area contributed by atoms with Gasteiger partial charge in [0, 0.05) is 18.0 Å². The number of amides is 1. The van der Waals surface area contributed by atoms with Crippen LogP contribution >= 0.6 is 11.3 Å². The van der Waals surface area contributed by atoms with Crippen LogP contribution in [0.1, 0.15) is 16.3 Å². The van der Waals surface area contributed by atoms with Crippen LogP contribution < -0.4 is 4.74 Å². The number of hydrogen-bond donors (Lipinski definition) is 0. The molecular weight excluding hydrogens is 377 g/mol. The Bertz CT molecular complexity index is 798. The van der Waals surface area contributed by atoms with Crippen molar-refractivity contribution in [1.82, 2.24) is 9.88 Å². The van der Waals surface area contributed by atoms with E-state index in [2.05, 4.69) is 11.6 Å². The lowest BCUT2D eigenvalue weighted by atomic mass is 10.2. The lowest BCUT2D eigenvalue weighted by molar-refractivity contribution is -0.157. The summed E-state index contributed by atoms with van der Waals surface area (Å²) in [6, 6.07) is 6.88. The smallest absolute Gasteiger partial charge is 0.406 e. The van der Waals surface area contributed by atoms with Crippen molar-refractivity contribution in [3.63, 3.8) is 0 Å². The second-order valence-electron chi connectivity index (χ2n) is 5.67. The molecule has 144 valence electrons. The van der Waals surface area contributed by atoms with Crippen molar-refractivity contribution in [2.24, 2.45) is 0 Å². The van der Waals surface area contributed by atoms with Crippen molar-refractivity contribution in [2.75, 3.05) is 13.1 Å². The van der Waals surface area contributed by atoms with Crippen molar-refractivity contribution in [3.05, 3.63) is 64.6 Å². The van der Waals surface area contributed by atoms with Gasteiger partial charge in [0.2, 0.25) is 5.91 Å². The third kappa shape index (κ3) is 7.26. The summed E-state index contributed by atoms with van der Waals surface area (Å²) in [6.07, 6.45) is -0.625. The van der Waals surface area contributed by atoms with Crippen molar-refractivity contribution in [1.29, 1.82) is 0 Å². The van der Waals surface area contributed by atoms with Gasteiger partial charge >= 0.3 is 6.18 Å². The maximum atomic E-state index is 12.5. The van der Waals surface area contributed by atoms with Crippen molar-refractivity contribution >= 4 is 23.3 Å². The summed E-state index contributed by atoms with van der Waals surface area (Å²) in [5.41, 5.74) is 1.52. The molecule has 1 aromatic carbocycles. The summed E-state index contributed by atoms with van der Waals surface area (Å²) in [7, 11) is 0. The molecule has 1 amide bonds. The number of ether oxygens (including phenoxy) is 1. The second kappa shape index (κ2) is 9.36. The zero-order valence-corrected chi connectivity index (χ0v) is 15.5. The number of carbonyl (C=O) groups excluding carboxylic acids is 1. The monoisotopic (exact) mass is 396 g/mol. The van der Waals surface area contributed by atoms with Crippen LogP contribution in [0.2, 0.25) is 0 Å². The zero-order valence-electron chi connectivity index (χ0n) is 14.7. The van der Waals surface area contributed by atoms with Gasteiger partial charge in [0.25, 0.3) is 0 Å². The van der Waals surface area contributed by atoms with E-state index in [9.17, 15) is 18.0 Å². The first-order valence-electron chi connectivity index (χ1n) is 8.05. The van der Waals surface area contributed by atoms with Crippen LogP contribution in [0.15, 0.2) is 48.4 Å². The molecule has 0 aliphatic rings. The molecule has 0 saturated heterocycles. The van der Waals surface area contributed by atoms with Crippen LogP contribution in [0.3, 0.4) is 0 Å². The van der Waals surface area contributed by atoms with Gasteiger partial charge in [-0.3, -0.25) is 4.79 Å². The van der Waals surface area contributed by atoms with Crippen LogP contribution in [-0.2, 0) is 11.4 Å². The summed E-state index contributed by atoms with van der Waals surface area (Å²) >= 11 is 1.55. The van der Waals surface area contributed by atoms with Gasteiger partial charge < -0.3 is 9.64 Å². The third-order valence-electron chi connectivity index (χ3n) is 3.38. The molecule has 0 saturated carbocycles. The zero-order chi connectivity index (χ0) is 19.9. The average Bonchev–Trinajstić information content (AvgIpc) is 3.02. The van der Waals surface area contributed by atoms with Gasteiger partial charge in [-0.05, 0) is 30.7 Å². The fraction of sp³-hybridized carbons (Fsp3) is 0.263. The van der Waals surface area contributed by atoms with Crippen molar-refractivity contribution < 1.29 is 22.7 Å². The number of benzene rings is 1. The van der Waals surface area contributed by atoms with Gasteiger partial charge in [-0.2, -0.15) is 13.2 Å². The molecule has 0 aliphatic heterocycles. The predicted octanol–water partition coefficient (Wildman–Crippen LogP) is 4.62. The topological polar surface area (TPSA) is 42.4 Å². The number of carbonyl (C=O) groups is 1. The largest absolute Gasteiger partial charge is 0.487 e. The molecule has 4 nitrogen and oxygen atoms in total. The minimum Gasteiger partial charge on any atom is -0.487 e. The lowest BCUT2D eigenvalue weighted by Crippen LogP contribution is -2.38. The maximum absolute atomic E-state index is 12.5. The molecule has 0 radical (unpaired) electrons. The highest BCUT2D eigenvalue weighted by molar-refractivity contribution is 7.09. The van der Waals surface area contributed by atoms with Gasteiger partial charge in [-0.1, -0.05) is 18.2 Å². The maximum Gasteiger partial charge on any atom is 0.406 e. The Morgan fingerprint density at radius 3 is 2.59 bits per heavy atom. The lowest BCUT2D eigenvalue weighted by Gasteiger charge is -2.20. The molecule has 0 bridgehead atoms. The number of halogens is 3. The Morgan fingerprint density at radius 2 is 2.04 bits per heavy atom. The van der Waals surface area contributed by atoms with E-state index in [0.29, 0.717) is 22.8 Å². The molecule has 2 aromatic rings. The molecule has 0 aliphatic carbocycles. The van der Waals surface area contributed by atoms with E-state index in [1.165, 1.54) is 12.2 Å². The van der Waals surface area contributed by atoms with E-state index >= 15 is 0 Å². The Morgan fingerprint density at radius 1 is 1.33 bits per heavy atom. The van der Waals surface area contributed by atoms with Crippen molar-refractivity contribution in [2.45, 2.75) is 19.7 Å². The van der Waals surface area contributed by atoms with E-state index in [1.807, 2.05) is 12.3 Å². The molecule has 2 rings (SSSR count). The molecule has 27 heavy (non-hydrogen) atoms. The van der Waals surface area contributed by atoms with Gasteiger partial charge in [0.15, 0.2) is 0 Å². The Kier molecular flexibility index (Phi) is 7.18. The first kappa shape index (κ1) is 20.7. The van der Waals surface area contributed by atoms with Crippen LogP contribution in [0.25, 0.3) is 6.08 Å². The number of thiazole rings is 1. The SMILES string of the molecule is C=CCN(CC(F)(F)F)C(=O)/C=C/c1ccc(OCc2csc(C)n2)cc1. The summed E-state index contributed by atoms with van der Waals surface area (Å²) in [5, 5.41) is 2.89. The predicted molar refractivity (Wildman–Crippen MR) is 99.5 cm³/mol. The molecule has 8 heteroatoms. The highest BCUT2D eigenvalue weighted by Crippen LogP contribution is 2.18. The normalized spacial score (nSPS) is 11.6. The standard InChI is InChI=1S/C19H19F3N2O2S/c1-3-10-24(13-19(20,21)22)18(25)9-6-15-4-7-17(8-5-15)26-11-16-12-27-14(2)23-16/h3-9,12H,1,10-11,13H2,2H3/b9-6+. The fourth-order valence-electron chi connectivity index (χ4n) is 2.18. The van der Waals surface area contributed by atoms with Crippen LogP contribution in [-0.4, -0.2) is 35.1 Å². The molecule has 0 unspecified atom stereocenters.